The van der Waals surface area contributed by atoms with Crippen LogP contribution in [0.3, 0.4) is 0 Å². The Morgan fingerprint density at radius 3 is 3.00 bits per heavy atom. The molecule has 0 radical (unpaired) electrons. The summed E-state index contributed by atoms with van der Waals surface area (Å²) >= 11 is 0. The highest BCUT2D eigenvalue weighted by Gasteiger charge is 2.23. The van der Waals surface area contributed by atoms with Gasteiger partial charge in [0.15, 0.2) is 5.82 Å². The van der Waals surface area contributed by atoms with E-state index >= 15 is 0 Å². The lowest BCUT2D eigenvalue weighted by molar-refractivity contribution is -0.121. The van der Waals surface area contributed by atoms with E-state index < -0.39 is 6.10 Å². The zero-order chi connectivity index (χ0) is 24.1. The average molecular weight is 473 g/mol. The van der Waals surface area contributed by atoms with Crippen molar-refractivity contribution in [3.05, 3.63) is 47.4 Å². The molecule has 0 aromatic carbocycles. The second-order valence-corrected chi connectivity index (χ2v) is 8.84. The van der Waals surface area contributed by atoms with Crippen molar-refractivity contribution in [2.24, 2.45) is 0 Å². The zero-order valence-electron chi connectivity index (χ0n) is 19.1. The topological polar surface area (TPSA) is 153 Å². The van der Waals surface area contributed by atoms with Crippen molar-refractivity contribution in [3.63, 3.8) is 0 Å². The summed E-state index contributed by atoms with van der Waals surface area (Å²) in [7, 11) is 0. The number of hydrogen-bond acceptors (Lipinski definition) is 9. The van der Waals surface area contributed by atoms with Crippen LogP contribution in [0.15, 0.2) is 30.6 Å². The molecule has 1 amide bonds. The van der Waals surface area contributed by atoms with Gasteiger partial charge in [0.1, 0.15) is 24.8 Å². The third-order valence-corrected chi connectivity index (χ3v) is 6.42. The Morgan fingerprint density at radius 2 is 2.11 bits per heavy atom. The van der Waals surface area contributed by atoms with Gasteiger partial charge in [0, 0.05) is 60.1 Å². The number of anilines is 3. The number of nitrogens with one attached hydrogen (secondary N) is 2. The molecule has 0 bridgehead atoms. The number of rotatable bonds is 3. The van der Waals surface area contributed by atoms with Crippen molar-refractivity contribution < 1.29 is 14.6 Å². The molecule has 0 aliphatic carbocycles. The van der Waals surface area contributed by atoms with Gasteiger partial charge in [-0.05, 0) is 30.0 Å². The summed E-state index contributed by atoms with van der Waals surface area (Å²) < 4.78 is 7.27. The summed E-state index contributed by atoms with van der Waals surface area (Å²) in [6, 6.07) is 5.76. The molecule has 6 rings (SSSR count). The van der Waals surface area contributed by atoms with E-state index in [4.69, 9.17) is 10.5 Å². The smallest absolute Gasteiger partial charge is 0.241 e. The predicted molar refractivity (Wildman–Crippen MR) is 129 cm³/mol. The number of carbonyl (C=O) groups is 1. The molecule has 2 aliphatic rings. The number of carbonyl (C=O) groups excluding carboxylic acids is 1. The maximum atomic E-state index is 11.8. The number of amides is 1. The van der Waals surface area contributed by atoms with Crippen molar-refractivity contribution in [1.82, 2.24) is 30.0 Å². The fraction of sp³-hybridized carbons (Fsp3) is 0.292. The van der Waals surface area contributed by atoms with E-state index in [9.17, 15) is 9.90 Å². The molecule has 35 heavy (non-hydrogen) atoms. The molecular weight excluding hydrogens is 448 g/mol. The maximum Gasteiger partial charge on any atom is 0.241 e. The van der Waals surface area contributed by atoms with Gasteiger partial charge < -0.3 is 26.2 Å². The Balaban J connectivity index is 1.35. The third kappa shape index (κ3) is 3.89. The lowest BCUT2D eigenvalue weighted by Crippen LogP contribution is -2.26. The number of pyridine rings is 3. The van der Waals surface area contributed by atoms with Crippen LogP contribution in [0.4, 0.5) is 17.5 Å². The highest BCUT2D eigenvalue weighted by Crippen LogP contribution is 2.34. The summed E-state index contributed by atoms with van der Waals surface area (Å²) in [6.45, 7) is 3.01. The maximum absolute atomic E-state index is 11.8. The fourth-order valence-corrected chi connectivity index (χ4v) is 4.60. The monoisotopic (exact) mass is 472 g/mol. The van der Waals surface area contributed by atoms with Gasteiger partial charge in [-0.25, -0.2) is 15.0 Å². The SMILES string of the molecule is Cc1c(-c2cc3cc(Nc4cc5n(n4)CC(=O)NCC5)ncc3c(N)n2)cnc2c1C[C@H](O)CO2. The zero-order valence-corrected chi connectivity index (χ0v) is 19.1. The van der Waals surface area contributed by atoms with Crippen molar-refractivity contribution >= 4 is 34.1 Å². The van der Waals surface area contributed by atoms with E-state index in [2.05, 4.69) is 30.7 Å². The van der Waals surface area contributed by atoms with E-state index in [0.29, 0.717) is 48.4 Å². The molecule has 4 aromatic rings. The van der Waals surface area contributed by atoms with E-state index in [-0.39, 0.29) is 19.1 Å². The standard InChI is InChI=1S/C24H24N8O3/c1-12-16-7-15(33)11-35-24(16)28-8-17(12)19-4-13-5-20(27-9-18(13)23(25)29-19)30-21-6-14-2-3-26-22(34)10-32(14)31-21/h4-6,8-9,15,33H,2-3,7,10-11H2,1H3,(H2,25,29)(H,26,34)(H,27,30,31)/t15-/m0/s1. The minimum absolute atomic E-state index is 0.0502. The summed E-state index contributed by atoms with van der Waals surface area (Å²) in [5.74, 6) is 2.09. The van der Waals surface area contributed by atoms with Gasteiger partial charge in [-0.1, -0.05) is 0 Å². The molecule has 0 spiro atoms. The van der Waals surface area contributed by atoms with Crippen molar-refractivity contribution in [2.75, 3.05) is 24.2 Å². The normalized spacial score (nSPS) is 17.2. The first-order valence-corrected chi connectivity index (χ1v) is 11.4. The van der Waals surface area contributed by atoms with Crippen LogP contribution < -0.4 is 21.1 Å². The predicted octanol–water partition coefficient (Wildman–Crippen LogP) is 1.49. The molecule has 0 fully saturated rings. The highest BCUT2D eigenvalue weighted by molar-refractivity contribution is 5.95. The number of aromatic nitrogens is 5. The first-order chi connectivity index (χ1) is 16.9. The molecule has 11 heteroatoms. The average Bonchev–Trinajstić information content (AvgIpc) is 3.10. The molecule has 11 nitrogen and oxygen atoms in total. The minimum Gasteiger partial charge on any atom is -0.475 e. The van der Waals surface area contributed by atoms with Gasteiger partial charge in [-0.2, -0.15) is 5.10 Å². The summed E-state index contributed by atoms with van der Waals surface area (Å²) in [4.78, 5) is 25.3. The van der Waals surface area contributed by atoms with Crippen LogP contribution in [0.1, 0.15) is 16.8 Å². The lowest BCUT2D eigenvalue weighted by Gasteiger charge is -2.23. The Bertz CT molecular complexity index is 1480. The Morgan fingerprint density at radius 1 is 1.23 bits per heavy atom. The van der Waals surface area contributed by atoms with Crippen LogP contribution in [0, 0.1) is 6.92 Å². The Hall–Kier alpha value is -4.25. The largest absolute Gasteiger partial charge is 0.475 e. The second kappa shape index (κ2) is 8.20. The van der Waals surface area contributed by atoms with Crippen molar-refractivity contribution in [2.45, 2.75) is 32.4 Å². The van der Waals surface area contributed by atoms with E-state index in [1.54, 1.807) is 17.1 Å². The van der Waals surface area contributed by atoms with Crippen LogP contribution in [0.25, 0.3) is 22.0 Å². The molecule has 0 saturated heterocycles. The second-order valence-electron chi connectivity index (χ2n) is 8.84. The molecule has 4 aromatic heterocycles. The summed E-state index contributed by atoms with van der Waals surface area (Å²) in [6.07, 6.45) is 4.06. The van der Waals surface area contributed by atoms with E-state index in [1.165, 1.54) is 0 Å². The first-order valence-electron chi connectivity index (χ1n) is 11.4. The molecule has 2 aliphatic heterocycles. The Labute approximate surface area is 200 Å². The third-order valence-electron chi connectivity index (χ3n) is 6.42. The van der Waals surface area contributed by atoms with Crippen LogP contribution in [-0.2, 0) is 24.2 Å². The van der Waals surface area contributed by atoms with Crippen LogP contribution in [0.5, 0.6) is 5.88 Å². The number of aliphatic hydroxyl groups excluding tert-OH is 1. The molecule has 5 N–H and O–H groups in total. The van der Waals surface area contributed by atoms with Crippen LogP contribution in [-0.4, -0.2) is 55.0 Å². The number of hydrogen-bond donors (Lipinski definition) is 4. The molecule has 1 atom stereocenters. The van der Waals surface area contributed by atoms with Crippen LogP contribution >= 0.6 is 0 Å². The number of nitrogens with two attached hydrogens (primary N) is 1. The van der Waals surface area contributed by atoms with Crippen molar-refractivity contribution in [1.29, 1.82) is 0 Å². The van der Waals surface area contributed by atoms with Gasteiger partial charge >= 0.3 is 0 Å². The molecule has 178 valence electrons. The molecule has 0 unspecified atom stereocenters. The van der Waals surface area contributed by atoms with Gasteiger partial charge in [0.2, 0.25) is 11.8 Å². The summed E-state index contributed by atoms with van der Waals surface area (Å²) in [5, 5.41) is 22.2. The molecule has 0 saturated carbocycles. The van der Waals surface area contributed by atoms with E-state index in [0.717, 1.165) is 33.2 Å². The quantitative estimate of drug-likeness (QED) is 0.347. The number of aliphatic hydroxyl groups is 1. The first kappa shape index (κ1) is 21.3. The van der Waals surface area contributed by atoms with Gasteiger partial charge in [-0.15, -0.1) is 0 Å². The lowest BCUT2D eigenvalue weighted by atomic mass is 9.96. The number of nitrogens with zero attached hydrogens (tertiary/aromatic N) is 5. The summed E-state index contributed by atoms with van der Waals surface area (Å²) in [5.41, 5.74) is 10.6. The van der Waals surface area contributed by atoms with Crippen LogP contribution in [0.2, 0.25) is 0 Å². The van der Waals surface area contributed by atoms with Gasteiger partial charge in [0.25, 0.3) is 0 Å². The Kier molecular flexibility index (Phi) is 4.99. The van der Waals surface area contributed by atoms with E-state index in [1.807, 2.05) is 25.1 Å². The molecular formula is C24H24N8O3. The highest BCUT2D eigenvalue weighted by atomic mass is 16.5. The fourth-order valence-electron chi connectivity index (χ4n) is 4.60. The minimum atomic E-state index is -0.556. The van der Waals surface area contributed by atoms with Gasteiger partial charge in [-0.3, -0.25) is 9.48 Å². The van der Waals surface area contributed by atoms with Crippen molar-refractivity contribution in [3.8, 4) is 17.1 Å². The number of nitrogen functional groups attached to an aromatic ring is 1. The number of fused-ring (bicyclic) bond motifs is 3. The number of ether oxygens (including phenoxy) is 1. The van der Waals surface area contributed by atoms with Gasteiger partial charge in [0.05, 0.1) is 11.8 Å². The molecule has 6 heterocycles.